The van der Waals surface area contributed by atoms with Crippen molar-refractivity contribution in [2.45, 2.75) is 19.6 Å². The number of amides is 2. The Hall–Kier alpha value is -2.90. The van der Waals surface area contributed by atoms with Gasteiger partial charge in [-0.1, -0.05) is 12.1 Å². The Kier molecular flexibility index (Phi) is 5.74. The molecular weight excluding hydrogens is 335 g/mol. The van der Waals surface area contributed by atoms with Gasteiger partial charge in [0.1, 0.15) is 6.54 Å². The summed E-state index contributed by atoms with van der Waals surface area (Å²) in [5.74, 6) is -0.915. The number of hydrogen-bond donors (Lipinski definition) is 1. The molecule has 0 radical (unpaired) electrons. The second kappa shape index (κ2) is 7.78. The maximum atomic E-state index is 12.7. The molecule has 2 amide bonds. The summed E-state index contributed by atoms with van der Waals surface area (Å²) in [4.78, 5) is 29.0. The first-order chi connectivity index (χ1) is 11.8. The molecule has 0 atom stereocenters. The first-order valence-electron chi connectivity index (χ1n) is 7.37. The molecule has 8 heteroatoms. The van der Waals surface area contributed by atoms with Crippen LogP contribution in [0.4, 0.5) is 18.9 Å². The van der Waals surface area contributed by atoms with Crippen LogP contribution in [-0.4, -0.2) is 28.2 Å². The summed E-state index contributed by atoms with van der Waals surface area (Å²) in [7, 11) is 0. The van der Waals surface area contributed by atoms with Gasteiger partial charge in [-0.25, -0.2) is 0 Å². The van der Waals surface area contributed by atoms with Crippen LogP contribution in [0.2, 0.25) is 0 Å². The van der Waals surface area contributed by atoms with Gasteiger partial charge in [0.2, 0.25) is 11.8 Å². The number of benzene rings is 1. The minimum atomic E-state index is -4.49. The highest BCUT2D eigenvalue weighted by molar-refractivity contribution is 5.94. The van der Waals surface area contributed by atoms with Crippen molar-refractivity contribution in [1.29, 1.82) is 0 Å². The maximum Gasteiger partial charge on any atom is 0.416 e. The van der Waals surface area contributed by atoms with E-state index < -0.39 is 17.6 Å². The molecule has 1 aromatic heterocycles. The fraction of sp³-hybridized carbons (Fsp3) is 0.235. The molecule has 1 N–H and O–H groups in total. The number of hydrogen-bond acceptors (Lipinski definition) is 3. The third-order valence-corrected chi connectivity index (χ3v) is 3.35. The maximum absolute atomic E-state index is 12.7. The molecule has 0 unspecified atom stereocenters. The monoisotopic (exact) mass is 351 g/mol. The van der Waals surface area contributed by atoms with Crippen LogP contribution in [0.15, 0.2) is 48.8 Å². The predicted octanol–water partition coefficient (Wildman–Crippen LogP) is 3.09. The van der Waals surface area contributed by atoms with Gasteiger partial charge in [0.05, 0.1) is 5.56 Å². The molecule has 0 aliphatic rings. The van der Waals surface area contributed by atoms with E-state index in [1.54, 1.807) is 24.5 Å². The Morgan fingerprint density at radius 2 is 1.96 bits per heavy atom. The summed E-state index contributed by atoms with van der Waals surface area (Å²) in [6.45, 7) is 1.22. The molecule has 0 bridgehead atoms. The number of carbonyl (C=O) groups is 2. The van der Waals surface area contributed by atoms with Gasteiger partial charge in [-0.05, 0) is 29.8 Å². The molecule has 0 saturated heterocycles. The van der Waals surface area contributed by atoms with Crippen molar-refractivity contribution < 1.29 is 22.8 Å². The average molecular weight is 351 g/mol. The number of anilines is 1. The molecular formula is C17H16F3N3O2. The summed E-state index contributed by atoms with van der Waals surface area (Å²) >= 11 is 0. The predicted molar refractivity (Wildman–Crippen MR) is 85.4 cm³/mol. The van der Waals surface area contributed by atoms with E-state index in [9.17, 15) is 22.8 Å². The molecule has 0 aliphatic carbocycles. The third kappa shape index (κ3) is 5.59. The van der Waals surface area contributed by atoms with Crippen LogP contribution in [0.5, 0.6) is 0 Å². The number of pyridine rings is 1. The minimum absolute atomic E-state index is 0.0182. The van der Waals surface area contributed by atoms with E-state index >= 15 is 0 Å². The van der Waals surface area contributed by atoms with Crippen molar-refractivity contribution in [3.63, 3.8) is 0 Å². The molecule has 5 nitrogen and oxygen atoms in total. The number of alkyl halides is 3. The lowest BCUT2D eigenvalue weighted by Gasteiger charge is -2.20. The number of halogens is 3. The van der Waals surface area contributed by atoms with E-state index in [1.165, 1.54) is 24.0 Å². The quantitative estimate of drug-likeness (QED) is 0.900. The van der Waals surface area contributed by atoms with Gasteiger partial charge >= 0.3 is 6.18 Å². The van der Waals surface area contributed by atoms with Gasteiger partial charge in [0.15, 0.2) is 0 Å². The second-order valence-electron chi connectivity index (χ2n) is 5.36. The highest BCUT2D eigenvalue weighted by atomic mass is 19.4. The van der Waals surface area contributed by atoms with Crippen LogP contribution in [0.3, 0.4) is 0 Å². The van der Waals surface area contributed by atoms with Crippen LogP contribution in [0.25, 0.3) is 0 Å². The normalized spacial score (nSPS) is 11.0. The lowest BCUT2D eigenvalue weighted by molar-refractivity contribution is -0.137. The molecule has 2 rings (SSSR count). The lowest BCUT2D eigenvalue weighted by Crippen LogP contribution is -2.36. The number of nitrogens with one attached hydrogen (secondary N) is 1. The highest BCUT2D eigenvalue weighted by Gasteiger charge is 2.30. The molecule has 0 saturated carbocycles. The minimum Gasteiger partial charge on any atom is -0.329 e. The van der Waals surface area contributed by atoms with E-state index in [2.05, 4.69) is 10.3 Å². The largest absolute Gasteiger partial charge is 0.416 e. The lowest BCUT2D eigenvalue weighted by atomic mass is 10.2. The van der Waals surface area contributed by atoms with Crippen molar-refractivity contribution in [3.05, 3.63) is 59.9 Å². The Morgan fingerprint density at radius 1 is 1.20 bits per heavy atom. The van der Waals surface area contributed by atoms with Crippen molar-refractivity contribution in [3.8, 4) is 0 Å². The molecule has 25 heavy (non-hydrogen) atoms. The zero-order chi connectivity index (χ0) is 18.4. The zero-order valence-electron chi connectivity index (χ0n) is 13.4. The molecule has 0 spiro atoms. The SMILES string of the molecule is CC(=O)N(CC(=O)Nc1cccc(C(F)(F)F)c1)Cc1cccnc1. The summed E-state index contributed by atoms with van der Waals surface area (Å²) in [6.07, 6.45) is -1.34. The molecule has 1 heterocycles. The van der Waals surface area contributed by atoms with Gasteiger partial charge in [0, 0.05) is 31.5 Å². The first-order valence-corrected chi connectivity index (χ1v) is 7.37. The van der Waals surface area contributed by atoms with Crippen LogP contribution < -0.4 is 5.32 Å². The standard InChI is InChI=1S/C17H16F3N3O2/c1-12(24)23(10-13-4-3-7-21-9-13)11-16(25)22-15-6-2-5-14(8-15)17(18,19)20/h2-9H,10-11H2,1H3,(H,22,25). The van der Waals surface area contributed by atoms with E-state index in [-0.39, 0.29) is 24.7 Å². The third-order valence-electron chi connectivity index (χ3n) is 3.35. The molecule has 0 aliphatic heterocycles. The number of carbonyl (C=O) groups excluding carboxylic acids is 2. The average Bonchev–Trinajstić information content (AvgIpc) is 2.54. The Bertz CT molecular complexity index is 748. The first kappa shape index (κ1) is 18.4. The summed E-state index contributed by atoms with van der Waals surface area (Å²) < 4.78 is 38.1. The van der Waals surface area contributed by atoms with E-state index in [0.29, 0.717) is 0 Å². The van der Waals surface area contributed by atoms with Crippen LogP contribution in [-0.2, 0) is 22.3 Å². The molecule has 0 fully saturated rings. The van der Waals surface area contributed by atoms with Crippen LogP contribution in [0.1, 0.15) is 18.1 Å². The molecule has 2 aromatic rings. The second-order valence-corrected chi connectivity index (χ2v) is 5.36. The number of nitrogens with zero attached hydrogens (tertiary/aromatic N) is 2. The Morgan fingerprint density at radius 3 is 2.56 bits per heavy atom. The number of aromatic nitrogens is 1. The fourth-order valence-electron chi connectivity index (χ4n) is 2.14. The Balaban J connectivity index is 2.03. The summed E-state index contributed by atoms with van der Waals surface area (Å²) in [5, 5.41) is 2.38. The van der Waals surface area contributed by atoms with Gasteiger partial charge in [-0.3, -0.25) is 14.6 Å². The zero-order valence-corrected chi connectivity index (χ0v) is 13.4. The van der Waals surface area contributed by atoms with E-state index in [4.69, 9.17) is 0 Å². The van der Waals surface area contributed by atoms with Crippen molar-refractivity contribution in [1.82, 2.24) is 9.88 Å². The summed E-state index contributed by atoms with van der Waals surface area (Å²) in [5.41, 5.74) is -0.0987. The number of rotatable bonds is 5. The van der Waals surface area contributed by atoms with Gasteiger partial charge in [-0.2, -0.15) is 13.2 Å². The van der Waals surface area contributed by atoms with E-state index in [1.807, 2.05) is 0 Å². The van der Waals surface area contributed by atoms with E-state index in [0.717, 1.165) is 17.7 Å². The van der Waals surface area contributed by atoms with Gasteiger partial charge in [0.25, 0.3) is 0 Å². The molecule has 132 valence electrons. The summed E-state index contributed by atoms with van der Waals surface area (Å²) in [6, 6.07) is 7.78. The van der Waals surface area contributed by atoms with Crippen molar-refractivity contribution in [2.75, 3.05) is 11.9 Å². The van der Waals surface area contributed by atoms with Crippen LogP contribution >= 0.6 is 0 Å². The smallest absolute Gasteiger partial charge is 0.329 e. The van der Waals surface area contributed by atoms with Gasteiger partial charge in [-0.15, -0.1) is 0 Å². The fourth-order valence-corrected chi connectivity index (χ4v) is 2.14. The van der Waals surface area contributed by atoms with Crippen LogP contribution in [0, 0.1) is 0 Å². The van der Waals surface area contributed by atoms with Gasteiger partial charge < -0.3 is 10.2 Å². The topological polar surface area (TPSA) is 62.3 Å². The Labute approximate surface area is 142 Å². The highest BCUT2D eigenvalue weighted by Crippen LogP contribution is 2.30. The molecule has 1 aromatic carbocycles. The van der Waals surface area contributed by atoms with Crippen molar-refractivity contribution >= 4 is 17.5 Å². The van der Waals surface area contributed by atoms with Crippen molar-refractivity contribution in [2.24, 2.45) is 0 Å².